The van der Waals surface area contributed by atoms with E-state index in [1.165, 1.54) is 6.07 Å². The molecule has 2 N–H and O–H groups in total. The van der Waals surface area contributed by atoms with Gasteiger partial charge in [-0.25, -0.2) is 0 Å². The van der Waals surface area contributed by atoms with Crippen LogP contribution in [0, 0.1) is 3.57 Å². The zero-order chi connectivity index (χ0) is 15.2. The van der Waals surface area contributed by atoms with Crippen molar-refractivity contribution in [3.8, 4) is 5.75 Å². The number of carbonyl (C=O) groups excluding carboxylic acids is 1. The van der Waals surface area contributed by atoms with Gasteiger partial charge in [-0.1, -0.05) is 12.1 Å². The molecule has 3 nitrogen and oxygen atoms in total. The lowest BCUT2D eigenvalue weighted by atomic mass is 10.1. The molecule has 0 aliphatic rings. The summed E-state index contributed by atoms with van der Waals surface area (Å²) in [4.78, 5) is 12.2. The van der Waals surface area contributed by atoms with E-state index in [-0.39, 0.29) is 11.7 Å². The summed E-state index contributed by atoms with van der Waals surface area (Å²) < 4.78 is 0.715. The fourth-order valence-corrected chi connectivity index (χ4v) is 2.40. The van der Waals surface area contributed by atoms with E-state index < -0.39 is 0 Å². The highest BCUT2D eigenvalue weighted by molar-refractivity contribution is 14.1. The van der Waals surface area contributed by atoms with E-state index in [2.05, 4.69) is 5.32 Å². The molecule has 0 unspecified atom stereocenters. The first-order valence-electron chi connectivity index (χ1n) is 6.55. The first-order chi connectivity index (χ1) is 10.1. The Labute approximate surface area is 142 Å². The quantitative estimate of drug-likeness (QED) is 0.561. The lowest BCUT2D eigenvalue weighted by Crippen LogP contribution is -2.12. The number of aromatic hydroxyl groups is 1. The maximum Gasteiger partial charge on any atom is 0.255 e. The summed E-state index contributed by atoms with van der Waals surface area (Å²) in [5, 5.41) is 12.5. The summed E-state index contributed by atoms with van der Waals surface area (Å²) >= 11 is 7.70. The second kappa shape index (κ2) is 7.66. The van der Waals surface area contributed by atoms with Crippen molar-refractivity contribution >= 4 is 45.8 Å². The van der Waals surface area contributed by atoms with E-state index in [9.17, 15) is 9.90 Å². The van der Waals surface area contributed by atoms with Gasteiger partial charge in [-0.15, -0.1) is 11.6 Å². The zero-order valence-corrected chi connectivity index (χ0v) is 14.2. The fourth-order valence-electron chi connectivity index (χ4n) is 1.93. The number of amides is 1. The molecule has 0 spiro atoms. The normalized spacial score (nSPS) is 10.4. The topological polar surface area (TPSA) is 49.3 Å². The Balaban J connectivity index is 2.10. The van der Waals surface area contributed by atoms with Crippen LogP contribution in [0.4, 0.5) is 5.69 Å². The molecule has 110 valence electrons. The molecule has 0 heterocycles. The molecule has 0 aromatic heterocycles. The maximum atomic E-state index is 12.2. The van der Waals surface area contributed by atoms with Gasteiger partial charge in [0.25, 0.3) is 5.91 Å². The van der Waals surface area contributed by atoms with Crippen LogP contribution >= 0.6 is 34.2 Å². The second-order valence-electron chi connectivity index (χ2n) is 4.61. The molecule has 0 saturated heterocycles. The molecular weight excluding hydrogens is 401 g/mol. The number of halogens is 2. The molecule has 0 saturated carbocycles. The van der Waals surface area contributed by atoms with Crippen LogP contribution in [0.1, 0.15) is 22.3 Å². The van der Waals surface area contributed by atoms with Crippen LogP contribution in [-0.2, 0) is 6.42 Å². The molecule has 0 aliphatic carbocycles. The van der Waals surface area contributed by atoms with E-state index in [1.54, 1.807) is 12.1 Å². The molecule has 21 heavy (non-hydrogen) atoms. The van der Waals surface area contributed by atoms with Gasteiger partial charge in [-0.05, 0) is 71.3 Å². The van der Waals surface area contributed by atoms with Gasteiger partial charge in [-0.3, -0.25) is 4.79 Å². The van der Waals surface area contributed by atoms with E-state index in [4.69, 9.17) is 11.6 Å². The number of carbonyl (C=O) groups is 1. The maximum absolute atomic E-state index is 12.2. The number of nitrogens with one attached hydrogen (secondary N) is 1. The van der Waals surface area contributed by atoms with Gasteiger partial charge in [0.1, 0.15) is 5.75 Å². The molecule has 5 heteroatoms. The van der Waals surface area contributed by atoms with Crippen LogP contribution in [0.3, 0.4) is 0 Å². The summed E-state index contributed by atoms with van der Waals surface area (Å²) in [7, 11) is 0. The van der Waals surface area contributed by atoms with E-state index in [0.717, 1.165) is 24.1 Å². The van der Waals surface area contributed by atoms with Crippen molar-refractivity contribution in [1.82, 2.24) is 0 Å². The predicted molar refractivity (Wildman–Crippen MR) is 94.3 cm³/mol. The third-order valence-corrected chi connectivity index (χ3v) is 4.17. The molecule has 1 amide bonds. The summed E-state index contributed by atoms with van der Waals surface area (Å²) in [6.45, 7) is 0. The van der Waals surface area contributed by atoms with Crippen molar-refractivity contribution in [3.63, 3.8) is 0 Å². The minimum Gasteiger partial charge on any atom is -0.507 e. The number of anilines is 1. The van der Waals surface area contributed by atoms with Crippen molar-refractivity contribution in [2.24, 2.45) is 0 Å². The van der Waals surface area contributed by atoms with Crippen molar-refractivity contribution < 1.29 is 9.90 Å². The highest BCUT2D eigenvalue weighted by Crippen LogP contribution is 2.21. The van der Waals surface area contributed by atoms with E-state index in [1.807, 2.05) is 46.9 Å². The van der Waals surface area contributed by atoms with Gasteiger partial charge in [0, 0.05) is 17.1 Å². The number of alkyl halides is 1. The number of hydrogen-bond acceptors (Lipinski definition) is 2. The fraction of sp³-hybridized carbons (Fsp3) is 0.188. The van der Waals surface area contributed by atoms with Crippen molar-refractivity contribution in [2.45, 2.75) is 12.8 Å². The van der Waals surface area contributed by atoms with Crippen LogP contribution in [0.25, 0.3) is 0 Å². The lowest BCUT2D eigenvalue weighted by molar-refractivity contribution is 0.102. The predicted octanol–water partition coefficient (Wildman–Crippen LogP) is 4.42. The van der Waals surface area contributed by atoms with Gasteiger partial charge >= 0.3 is 0 Å². The summed E-state index contributed by atoms with van der Waals surface area (Å²) in [5.74, 6) is 0.494. The van der Waals surface area contributed by atoms with Crippen molar-refractivity contribution in [3.05, 3.63) is 57.2 Å². The average molecular weight is 416 g/mol. The highest BCUT2D eigenvalue weighted by Gasteiger charge is 2.09. The van der Waals surface area contributed by atoms with E-state index >= 15 is 0 Å². The third-order valence-electron chi connectivity index (χ3n) is 2.99. The number of hydrogen-bond donors (Lipinski definition) is 2. The standard InChI is InChI=1S/C16H15ClINO2/c17-8-2-4-11-3-1-5-13(9-11)19-16(21)12-6-7-14(18)15(20)10-12/h1,3,5-7,9-10,20H,2,4,8H2,(H,19,21). The van der Waals surface area contributed by atoms with Crippen LogP contribution in [-0.4, -0.2) is 16.9 Å². The molecule has 0 radical (unpaired) electrons. The molecule has 2 aromatic carbocycles. The molecule has 0 bridgehead atoms. The Morgan fingerprint density at radius 1 is 1.24 bits per heavy atom. The number of phenols is 1. The third kappa shape index (κ3) is 4.61. The van der Waals surface area contributed by atoms with Gasteiger partial charge in [0.2, 0.25) is 0 Å². The number of aryl methyl sites for hydroxylation is 1. The zero-order valence-electron chi connectivity index (χ0n) is 11.3. The number of benzene rings is 2. The number of phenolic OH excluding ortho intramolecular Hbond substituents is 1. The Morgan fingerprint density at radius 2 is 2.05 bits per heavy atom. The van der Waals surface area contributed by atoms with Gasteiger partial charge in [0.05, 0.1) is 3.57 Å². The minimum atomic E-state index is -0.240. The van der Waals surface area contributed by atoms with Gasteiger partial charge in [0.15, 0.2) is 0 Å². The summed E-state index contributed by atoms with van der Waals surface area (Å²) in [6, 6.07) is 12.6. The molecule has 0 atom stereocenters. The van der Waals surface area contributed by atoms with Crippen LogP contribution in [0.2, 0.25) is 0 Å². The summed E-state index contributed by atoms with van der Waals surface area (Å²) in [5.41, 5.74) is 2.31. The first kappa shape index (κ1) is 16.1. The Hall–Kier alpha value is -1.27. The molecular formula is C16H15ClINO2. The van der Waals surface area contributed by atoms with Crippen molar-refractivity contribution in [2.75, 3.05) is 11.2 Å². The Morgan fingerprint density at radius 3 is 2.76 bits per heavy atom. The van der Waals surface area contributed by atoms with Crippen LogP contribution in [0.5, 0.6) is 5.75 Å². The molecule has 2 rings (SSSR count). The molecule has 2 aromatic rings. The SMILES string of the molecule is O=C(Nc1cccc(CCCCl)c1)c1ccc(I)c(O)c1. The van der Waals surface area contributed by atoms with Crippen LogP contribution < -0.4 is 5.32 Å². The average Bonchev–Trinajstić information content (AvgIpc) is 2.48. The van der Waals surface area contributed by atoms with Crippen molar-refractivity contribution in [1.29, 1.82) is 0 Å². The monoisotopic (exact) mass is 415 g/mol. The van der Waals surface area contributed by atoms with E-state index in [0.29, 0.717) is 15.0 Å². The second-order valence-corrected chi connectivity index (χ2v) is 6.15. The number of rotatable bonds is 5. The lowest BCUT2D eigenvalue weighted by Gasteiger charge is -2.08. The Bertz CT molecular complexity index is 646. The summed E-state index contributed by atoms with van der Waals surface area (Å²) in [6.07, 6.45) is 1.79. The van der Waals surface area contributed by atoms with Crippen LogP contribution in [0.15, 0.2) is 42.5 Å². The molecule has 0 aliphatic heterocycles. The largest absolute Gasteiger partial charge is 0.507 e. The Kier molecular flexibility index (Phi) is 5.87. The first-order valence-corrected chi connectivity index (χ1v) is 8.16. The smallest absolute Gasteiger partial charge is 0.255 e. The van der Waals surface area contributed by atoms with Gasteiger partial charge < -0.3 is 10.4 Å². The minimum absolute atomic E-state index is 0.110. The van der Waals surface area contributed by atoms with Gasteiger partial charge in [-0.2, -0.15) is 0 Å². The highest BCUT2D eigenvalue weighted by atomic mass is 127. The molecule has 0 fully saturated rings.